The van der Waals surface area contributed by atoms with E-state index in [-0.39, 0.29) is 5.54 Å². The van der Waals surface area contributed by atoms with Crippen LogP contribution < -0.4 is 5.32 Å². The first kappa shape index (κ1) is 14.8. The average molecular weight is 348 g/mol. The van der Waals surface area contributed by atoms with Crippen molar-refractivity contribution in [1.82, 2.24) is 15.1 Å². The van der Waals surface area contributed by atoms with E-state index < -0.39 is 0 Å². The lowest BCUT2D eigenvalue weighted by Gasteiger charge is -2.20. The highest BCUT2D eigenvalue weighted by atomic mass is 79.9. The van der Waals surface area contributed by atoms with Gasteiger partial charge in [0.15, 0.2) is 0 Å². The van der Waals surface area contributed by atoms with Crippen LogP contribution in [0.4, 0.5) is 0 Å². The Hall–Kier alpha value is -1.13. The van der Waals surface area contributed by atoms with Gasteiger partial charge in [0.05, 0.1) is 17.6 Å². The largest absolute Gasteiger partial charge is 0.308 e. The smallest absolute Gasteiger partial charge is 0.0649 e. The third-order valence-electron chi connectivity index (χ3n) is 3.73. The number of nitrogens with one attached hydrogen (secondary N) is 1. The molecule has 0 radical (unpaired) electrons. The maximum Gasteiger partial charge on any atom is 0.0649 e. The molecule has 21 heavy (non-hydrogen) atoms. The van der Waals surface area contributed by atoms with Crippen LogP contribution in [0.25, 0.3) is 5.69 Å². The molecule has 0 bridgehead atoms. The van der Waals surface area contributed by atoms with Gasteiger partial charge in [0, 0.05) is 28.0 Å². The second-order valence-electron chi connectivity index (χ2n) is 6.82. The summed E-state index contributed by atoms with van der Waals surface area (Å²) in [6, 6.07) is 8.37. The Morgan fingerprint density at radius 1 is 1.24 bits per heavy atom. The predicted octanol–water partition coefficient (Wildman–Crippen LogP) is 4.40. The van der Waals surface area contributed by atoms with E-state index in [1.54, 1.807) is 0 Å². The summed E-state index contributed by atoms with van der Waals surface area (Å²) in [7, 11) is 0. The van der Waals surface area contributed by atoms with Crippen LogP contribution in [0.5, 0.6) is 0 Å². The van der Waals surface area contributed by atoms with Gasteiger partial charge in [0.25, 0.3) is 0 Å². The van der Waals surface area contributed by atoms with E-state index in [0.717, 1.165) is 16.7 Å². The van der Waals surface area contributed by atoms with Crippen LogP contribution in [-0.4, -0.2) is 15.3 Å². The molecule has 1 aromatic heterocycles. The highest BCUT2D eigenvalue weighted by molar-refractivity contribution is 9.10. The quantitative estimate of drug-likeness (QED) is 0.888. The summed E-state index contributed by atoms with van der Waals surface area (Å²) >= 11 is 3.49. The molecule has 0 atom stereocenters. The molecule has 0 spiro atoms. The van der Waals surface area contributed by atoms with Crippen LogP contribution in [0.3, 0.4) is 0 Å². The van der Waals surface area contributed by atoms with E-state index in [1.165, 1.54) is 24.1 Å². The van der Waals surface area contributed by atoms with Gasteiger partial charge in [-0.1, -0.05) is 15.9 Å². The molecule has 1 N–H and O–H groups in total. The summed E-state index contributed by atoms with van der Waals surface area (Å²) in [5.41, 5.74) is 3.98. The summed E-state index contributed by atoms with van der Waals surface area (Å²) < 4.78 is 3.21. The molecular formula is C17H22BrN3. The number of rotatable bonds is 4. The van der Waals surface area contributed by atoms with Gasteiger partial charge in [-0.05, 0) is 57.9 Å². The van der Waals surface area contributed by atoms with Gasteiger partial charge in [0.2, 0.25) is 0 Å². The zero-order valence-corrected chi connectivity index (χ0v) is 14.4. The van der Waals surface area contributed by atoms with Gasteiger partial charge in [0.1, 0.15) is 0 Å². The Morgan fingerprint density at radius 2 is 1.90 bits per heavy atom. The number of benzene rings is 1. The standard InChI is InChI=1S/C17H22BrN3/c1-17(2,3)19-10-13-11-20-21(16(13)12-4-5-12)15-8-6-14(18)7-9-15/h6-9,11-12,19H,4-5,10H2,1-3H3. The zero-order chi connectivity index (χ0) is 15.0. The van der Waals surface area contributed by atoms with Crippen LogP contribution in [0, 0.1) is 0 Å². The Balaban J connectivity index is 1.91. The minimum absolute atomic E-state index is 0.126. The first-order chi connectivity index (χ1) is 9.94. The molecule has 0 aliphatic heterocycles. The normalized spacial score (nSPS) is 15.4. The van der Waals surface area contributed by atoms with Crippen LogP contribution in [-0.2, 0) is 6.54 Å². The fraction of sp³-hybridized carbons (Fsp3) is 0.471. The minimum Gasteiger partial charge on any atom is -0.308 e. The van der Waals surface area contributed by atoms with Crippen molar-refractivity contribution in [3.63, 3.8) is 0 Å². The molecule has 1 fully saturated rings. The van der Waals surface area contributed by atoms with E-state index in [2.05, 4.69) is 76.1 Å². The van der Waals surface area contributed by atoms with Gasteiger partial charge in [-0.3, -0.25) is 0 Å². The second kappa shape index (κ2) is 5.58. The molecule has 2 aromatic rings. The lowest BCUT2D eigenvalue weighted by Crippen LogP contribution is -2.35. The number of halogens is 1. The first-order valence-electron chi connectivity index (χ1n) is 7.52. The molecular weight excluding hydrogens is 326 g/mol. The number of aromatic nitrogens is 2. The van der Waals surface area contributed by atoms with Gasteiger partial charge in [-0.25, -0.2) is 4.68 Å². The van der Waals surface area contributed by atoms with Crippen molar-refractivity contribution in [2.45, 2.75) is 51.6 Å². The average Bonchev–Trinajstić information content (AvgIpc) is 3.17. The molecule has 0 saturated heterocycles. The fourth-order valence-corrected chi connectivity index (χ4v) is 2.73. The van der Waals surface area contributed by atoms with Crippen LogP contribution in [0.2, 0.25) is 0 Å². The SMILES string of the molecule is CC(C)(C)NCc1cnn(-c2ccc(Br)cc2)c1C1CC1. The molecule has 3 nitrogen and oxygen atoms in total. The molecule has 4 heteroatoms. The summed E-state index contributed by atoms with van der Waals surface area (Å²) in [5.74, 6) is 0.674. The molecule has 1 heterocycles. The maximum absolute atomic E-state index is 4.64. The molecule has 1 saturated carbocycles. The third kappa shape index (κ3) is 3.55. The van der Waals surface area contributed by atoms with Crippen LogP contribution in [0.1, 0.15) is 50.8 Å². The Morgan fingerprint density at radius 3 is 2.48 bits per heavy atom. The lowest BCUT2D eigenvalue weighted by molar-refractivity contribution is 0.423. The monoisotopic (exact) mass is 347 g/mol. The Kier molecular flexibility index (Phi) is 3.93. The number of hydrogen-bond donors (Lipinski definition) is 1. The van der Waals surface area contributed by atoms with Crippen molar-refractivity contribution < 1.29 is 0 Å². The van der Waals surface area contributed by atoms with Crippen LogP contribution >= 0.6 is 15.9 Å². The zero-order valence-electron chi connectivity index (χ0n) is 12.9. The van der Waals surface area contributed by atoms with E-state index >= 15 is 0 Å². The Bertz CT molecular complexity index is 618. The molecule has 1 aliphatic rings. The summed E-state index contributed by atoms with van der Waals surface area (Å²) in [4.78, 5) is 0. The summed E-state index contributed by atoms with van der Waals surface area (Å²) in [5, 5.41) is 8.21. The molecule has 0 unspecified atom stereocenters. The lowest BCUT2D eigenvalue weighted by atomic mass is 10.1. The van der Waals surface area contributed by atoms with E-state index in [4.69, 9.17) is 0 Å². The molecule has 3 rings (SSSR count). The molecule has 0 amide bonds. The van der Waals surface area contributed by atoms with Gasteiger partial charge >= 0.3 is 0 Å². The third-order valence-corrected chi connectivity index (χ3v) is 4.26. The van der Waals surface area contributed by atoms with Crippen molar-refractivity contribution in [3.8, 4) is 5.69 Å². The first-order valence-corrected chi connectivity index (χ1v) is 8.31. The minimum atomic E-state index is 0.126. The van der Waals surface area contributed by atoms with E-state index in [1.807, 2.05) is 6.20 Å². The van der Waals surface area contributed by atoms with Gasteiger partial charge < -0.3 is 5.32 Å². The van der Waals surface area contributed by atoms with Crippen molar-refractivity contribution in [2.75, 3.05) is 0 Å². The number of hydrogen-bond acceptors (Lipinski definition) is 2. The topological polar surface area (TPSA) is 29.9 Å². The number of nitrogens with zero attached hydrogens (tertiary/aromatic N) is 2. The summed E-state index contributed by atoms with van der Waals surface area (Å²) in [6.45, 7) is 7.47. The highest BCUT2D eigenvalue weighted by Gasteiger charge is 2.30. The Labute approximate surface area is 134 Å². The van der Waals surface area contributed by atoms with Gasteiger partial charge in [-0.15, -0.1) is 0 Å². The fourth-order valence-electron chi connectivity index (χ4n) is 2.47. The molecule has 1 aliphatic carbocycles. The summed E-state index contributed by atoms with van der Waals surface area (Å²) in [6.07, 6.45) is 4.59. The maximum atomic E-state index is 4.64. The second-order valence-corrected chi connectivity index (χ2v) is 7.74. The van der Waals surface area contributed by atoms with Crippen molar-refractivity contribution in [1.29, 1.82) is 0 Å². The predicted molar refractivity (Wildman–Crippen MR) is 89.8 cm³/mol. The van der Waals surface area contributed by atoms with Crippen molar-refractivity contribution in [3.05, 3.63) is 46.2 Å². The highest BCUT2D eigenvalue weighted by Crippen LogP contribution is 2.42. The molecule has 112 valence electrons. The van der Waals surface area contributed by atoms with E-state index in [0.29, 0.717) is 5.92 Å². The van der Waals surface area contributed by atoms with E-state index in [9.17, 15) is 0 Å². The molecule has 1 aromatic carbocycles. The van der Waals surface area contributed by atoms with Crippen molar-refractivity contribution >= 4 is 15.9 Å². The van der Waals surface area contributed by atoms with Crippen molar-refractivity contribution in [2.24, 2.45) is 0 Å². The van der Waals surface area contributed by atoms with Gasteiger partial charge in [-0.2, -0.15) is 5.10 Å². The van der Waals surface area contributed by atoms with Crippen LogP contribution in [0.15, 0.2) is 34.9 Å².